The largest absolute Gasteiger partial charge is 0.508 e. The van der Waals surface area contributed by atoms with Crippen LogP contribution in [0.5, 0.6) is 5.75 Å². The number of halogens is 1. The van der Waals surface area contributed by atoms with Gasteiger partial charge in [0.25, 0.3) is 0 Å². The monoisotopic (exact) mass is 283 g/mol. The zero-order valence-electron chi connectivity index (χ0n) is 11.8. The van der Waals surface area contributed by atoms with Gasteiger partial charge in [0.1, 0.15) is 5.75 Å². The summed E-state index contributed by atoms with van der Waals surface area (Å²) in [5.41, 5.74) is 0.889. The lowest BCUT2D eigenvalue weighted by Gasteiger charge is -2.42. The number of morpholine rings is 1. The Morgan fingerprint density at radius 3 is 2.95 bits per heavy atom. The van der Waals surface area contributed by atoms with Crippen LogP contribution in [-0.4, -0.2) is 35.3 Å². The van der Waals surface area contributed by atoms with Crippen molar-refractivity contribution >= 4 is 11.6 Å². The van der Waals surface area contributed by atoms with E-state index < -0.39 is 0 Å². The zero-order valence-corrected chi connectivity index (χ0v) is 12.5. The first-order valence-electron chi connectivity index (χ1n) is 6.88. The first-order valence-corrected chi connectivity index (χ1v) is 7.26. The smallest absolute Gasteiger partial charge is 0.120 e. The minimum atomic E-state index is 0.134. The van der Waals surface area contributed by atoms with Gasteiger partial charge in [-0.05, 0) is 38.5 Å². The first-order chi connectivity index (χ1) is 9.02. The third-order valence-corrected chi connectivity index (χ3v) is 4.15. The normalized spacial score (nSPS) is 26.3. The maximum absolute atomic E-state index is 10.0. The average molecular weight is 284 g/mol. The molecule has 0 spiro atoms. The van der Waals surface area contributed by atoms with E-state index in [9.17, 15) is 5.11 Å². The van der Waals surface area contributed by atoms with Crippen LogP contribution in [0.3, 0.4) is 0 Å². The van der Waals surface area contributed by atoms with E-state index in [1.807, 2.05) is 6.07 Å². The van der Waals surface area contributed by atoms with Crippen LogP contribution >= 0.6 is 11.6 Å². The van der Waals surface area contributed by atoms with E-state index in [1.54, 1.807) is 12.1 Å². The SMILES string of the molecule is CCC1COC(C)CN1C(C)c1cc(Cl)ccc1O. The number of hydrogen-bond donors (Lipinski definition) is 1. The molecular weight excluding hydrogens is 262 g/mol. The molecule has 0 aliphatic carbocycles. The molecule has 2 rings (SSSR count). The molecule has 3 atom stereocenters. The molecule has 1 saturated heterocycles. The van der Waals surface area contributed by atoms with E-state index in [2.05, 4.69) is 25.7 Å². The molecule has 1 fully saturated rings. The van der Waals surface area contributed by atoms with Crippen molar-refractivity contribution in [2.45, 2.75) is 45.4 Å². The Morgan fingerprint density at radius 2 is 2.26 bits per heavy atom. The molecule has 0 amide bonds. The number of phenolic OH excluding ortho intramolecular Hbond substituents is 1. The molecular formula is C15H22ClNO2. The molecule has 19 heavy (non-hydrogen) atoms. The van der Waals surface area contributed by atoms with E-state index in [1.165, 1.54) is 0 Å². The van der Waals surface area contributed by atoms with Crippen molar-refractivity contribution in [2.24, 2.45) is 0 Å². The van der Waals surface area contributed by atoms with Gasteiger partial charge in [0, 0.05) is 29.2 Å². The summed E-state index contributed by atoms with van der Waals surface area (Å²) >= 11 is 6.04. The topological polar surface area (TPSA) is 32.7 Å². The Morgan fingerprint density at radius 1 is 1.53 bits per heavy atom. The highest BCUT2D eigenvalue weighted by molar-refractivity contribution is 6.30. The number of rotatable bonds is 3. The fourth-order valence-corrected chi connectivity index (χ4v) is 2.92. The highest BCUT2D eigenvalue weighted by Gasteiger charge is 2.30. The summed E-state index contributed by atoms with van der Waals surface area (Å²) in [7, 11) is 0. The van der Waals surface area contributed by atoms with Crippen LogP contribution in [0.2, 0.25) is 5.02 Å². The maximum Gasteiger partial charge on any atom is 0.120 e. The Kier molecular flexibility index (Phi) is 4.71. The number of aromatic hydroxyl groups is 1. The molecule has 1 aliphatic heterocycles. The quantitative estimate of drug-likeness (QED) is 0.920. The lowest BCUT2D eigenvalue weighted by Crippen LogP contribution is -2.49. The molecule has 3 nitrogen and oxygen atoms in total. The molecule has 3 unspecified atom stereocenters. The summed E-state index contributed by atoms with van der Waals surface area (Å²) < 4.78 is 5.72. The van der Waals surface area contributed by atoms with Crippen molar-refractivity contribution in [2.75, 3.05) is 13.2 Å². The minimum Gasteiger partial charge on any atom is -0.508 e. The van der Waals surface area contributed by atoms with Gasteiger partial charge in [-0.25, -0.2) is 0 Å². The first kappa shape index (κ1) is 14.6. The lowest BCUT2D eigenvalue weighted by molar-refractivity contribution is -0.0708. The summed E-state index contributed by atoms with van der Waals surface area (Å²) in [6.07, 6.45) is 1.27. The summed E-state index contributed by atoms with van der Waals surface area (Å²) in [5, 5.41) is 10.7. The Balaban J connectivity index is 2.25. The van der Waals surface area contributed by atoms with Gasteiger partial charge in [0.2, 0.25) is 0 Å². The van der Waals surface area contributed by atoms with Gasteiger partial charge >= 0.3 is 0 Å². The number of benzene rings is 1. The highest BCUT2D eigenvalue weighted by atomic mass is 35.5. The Hall–Kier alpha value is -0.770. The van der Waals surface area contributed by atoms with Crippen molar-refractivity contribution in [1.29, 1.82) is 0 Å². The molecule has 1 aromatic carbocycles. The fraction of sp³-hybridized carbons (Fsp3) is 0.600. The molecule has 1 aromatic rings. The molecule has 106 valence electrons. The average Bonchev–Trinajstić information content (AvgIpc) is 2.40. The van der Waals surface area contributed by atoms with Gasteiger partial charge in [-0.3, -0.25) is 4.90 Å². The lowest BCUT2D eigenvalue weighted by atomic mass is 10.0. The number of hydrogen-bond acceptors (Lipinski definition) is 3. The van der Waals surface area contributed by atoms with Gasteiger partial charge in [-0.15, -0.1) is 0 Å². The maximum atomic E-state index is 10.0. The summed E-state index contributed by atoms with van der Waals surface area (Å²) in [6.45, 7) is 8.01. The molecule has 0 saturated carbocycles. The minimum absolute atomic E-state index is 0.134. The van der Waals surface area contributed by atoms with Crippen LogP contribution in [0.15, 0.2) is 18.2 Å². The third-order valence-electron chi connectivity index (χ3n) is 3.92. The second-order valence-corrected chi connectivity index (χ2v) is 5.72. The van der Waals surface area contributed by atoms with Crippen molar-refractivity contribution in [3.8, 4) is 5.75 Å². The second-order valence-electron chi connectivity index (χ2n) is 5.28. The molecule has 0 aromatic heterocycles. The van der Waals surface area contributed by atoms with Crippen LogP contribution in [-0.2, 0) is 4.74 Å². The Bertz CT molecular complexity index is 438. The molecule has 1 N–H and O–H groups in total. The predicted octanol–water partition coefficient (Wildman–Crippen LogP) is 3.61. The van der Waals surface area contributed by atoms with Crippen LogP contribution in [0, 0.1) is 0 Å². The predicted molar refractivity (Wildman–Crippen MR) is 77.7 cm³/mol. The van der Waals surface area contributed by atoms with E-state index in [-0.39, 0.29) is 12.1 Å². The van der Waals surface area contributed by atoms with Crippen LogP contribution < -0.4 is 0 Å². The standard InChI is InChI=1S/C15H22ClNO2/c1-4-13-9-19-10(2)8-17(13)11(3)14-7-12(16)5-6-15(14)18/h5-7,10-11,13,18H,4,8-9H2,1-3H3. The highest BCUT2D eigenvalue weighted by Crippen LogP contribution is 2.33. The Labute approximate surface area is 120 Å². The van der Waals surface area contributed by atoms with E-state index in [4.69, 9.17) is 16.3 Å². The van der Waals surface area contributed by atoms with Gasteiger partial charge in [-0.2, -0.15) is 0 Å². The van der Waals surface area contributed by atoms with Crippen molar-refractivity contribution in [3.05, 3.63) is 28.8 Å². The molecule has 1 heterocycles. The number of ether oxygens (including phenoxy) is 1. The molecule has 0 radical (unpaired) electrons. The van der Waals surface area contributed by atoms with E-state index in [0.29, 0.717) is 16.8 Å². The fourth-order valence-electron chi connectivity index (χ4n) is 2.74. The second kappa shape index (κ2) is 6.12. The van der Waals surface area contributed by atoms with Gasteiger partial charge in [-0.1, -0.05) is 18.5 Å². The number of nitrogens with zero attached hydrogens (tertiary/aromatic N) is 1. The van der Waals surface area contributed by atoms with Crippen molar-refractivity contribution in [1.82, 2.24) is 4.90 Å². The van der Waals surface area contributed by atoms with Crippen LogP contribution in [0.1, 0.15) is 38.8 Å². The van der Waals surface area contributed by atoms with Crippen molar-refractivity contribution in [3.63, 3.8) is 0 Å². The molecule has 4 heteroatoms. The molecule has 0 bridgehead atoms. The summed E-state index contributed by atoms with van der Waals surface area (Å²) in [5.74, 6) is 0.311. The molecule has 1 aliphatic rings. The van der Waals surface area contributed by atoms with Gasteiger partial charge < -0.3 is 9.84 Å². The zero-order chi connectivity index (χ0) is 14.0. The van der Waals surface area contributed by atoms with Gasteiger partial charge in [0.05, 0.1) is 12.7 Å². The van der Waals surface area contributed by atoms with Gasteiger partial charge in [0.15, 0.2) is 0 Å². The number of phenols is 1. The summed E-state index contributed by atoms with van der Waals surface area (Å²) in [4.78, 5) is 2.40. The van der Waals surface area contributed by atoms with Crippen molar-refractivity contribution < 1.29 is 9.84 Å². The third kappa shape index (κ3) is 3.22. The van der Waals surface area contributed by atoms with E-state index >= 15 is 0 Å². The van der Waals surface area contributed by atoms with Crippen LogP contribution in [0.4, 0.5) is 0 Å². The van der Waals surface area contributed by atoms with E-state index in [0.717, 1.165) is 25.1 Å². The summed E-state index contributed by atoms with van der Waals surface area (Å²) in [6, 6.07) is 5.76. The van der Waals surface area contributed by atoms with Crippen LogP contribution in [0.25, 0.3) is 0 Å².